The minimum atomic E-state index is -1.56. The van der Waals surface area contributed by atoms with Gasteiger partial charge in [-0.2, -0.15) is 0 Å². The molecule has 1 saturated heterocycles. The van der Waals surface area contributed by atoms with Crippen molar-refractivity contribution in [2.75, 3.05) is 24.4 Å². The molecule has 0 aliphatic carbocycles. The van der Waals surface area contributed by atoms with Crippen molar-refractivity contribution in [3.63, 3.8) is 0 Å². The number of pyridine rings is 1. The predicted octanol–water partition coefficient (Wildman–Crippen LogP) is 5.51. The van der Waals surface area contributed by atoms with Crippen molar-refractivity contribution in [1.29, 1.82) is 0 Å². The zero-order valence-corrected chi connectivity index (χ0v) is 21.8. The monoisotopic (exact) mass is 536 g/mol. The molecule has 2 heterocycles. The summed E-state index contributed by atoms with van der Waals surface area (Å²) in [6.07, 6.45) is 1.67. The molecule has 5 rings (SSSR count). The van der Waals surface area contributed by atoms with Crippen molar-refractivity contribution in [1.82, 2.24) is 14.8 Å². The van der Waals surface area contributed by atoms with Crippen LogP contribution in [-0.2, 0) is 17.5 Å². The van der Waals surface area contributed by atoms with Crippen LogP contribution >= 0.6 is 11.6 Å². The molecular weight excluding hydrogens is 511 g/mol. The van der Waals surface area contributed by atoms with Gasteiger partial charge in [0.1, 0.15) is 5.82 Å². The largest absolute Gasteiger partial charge is 0.333 e. The number of fused-ring (bicyclic) bond motifs is 1. The van der Waals surface area contributed by atoms with Gasteiger partial charge >= 0.3 is 0 Å². The molecule has 6 nitrogen and oxygen atoms in total. The Bertz CT molecular complexity index is 1460. The lowest BCUT2D eigenvalue weighted by Gasteiger charge is -2.40. The fourth-order valence-corrected chi connectivity index (χ4v) is 5.88. The minimum absolute atomic E-state index is 0.0121. The Kier molecular flexibility index (Phi) is 7.50. The number of hydrogen-bond acceptors (Lipinski definition) is 4. The van der Waals surface area contributed by atoms with Gasteiger partial charge in [-0.1, -0.05) is 41.9 Å². The molecule has 4 aromatic rings. The number of halogens is 2. The SMILES string of the molecule is C[C@H]1CN(Cc2ccc(F)cc2)CCN1C(=O)c1ccc(NS(=O)c2cccc3cccnc23)cc1Cl. The summed E-state index contributed by atoms with van der Waals surface area (Å²) in [6, 6.07) is 20.8. The molecule has 1 amide bonds. The molecule has 0 spiro atoms. The second-order valence-corrected chi connectivity index (χ2v) is 10.7. The van der Waals surface area contributed by atoms with Gasteiger partial charge in [0, 0.05) is 49.5 Å². The number of carbonyl (C=O) groups excluding carboxylic acids is 1. The van der Waals surface area contributed by atoms with Crippen molar-refractivity contribution in [3.8, 4) is 0 Å². The van der Waals surface area contributed by atoms with Gasteiger partial charge in [-0.3, -0.25) is 14.7 Å². The quantitative estimate of drug-likeness (QED) is 0.353. The molecule has 1 aliphatic rings. The number of aromatic nitrogens is 1. The van der Waals surface area contributed by atoms with E-state index in [4.69, 9.17) is 11.6 Å². The maximum Gasteiger partial charge on any atom is 0.255 e. The van der Waals surface area contributed by atoms with Gasteiger partial charge in [-0.25, -0.2) is 8.60 Å². The molecule has 2 atom stereocenters. The molecule has 1 N–H and O–H groups in total. The van der Waals surface area contributed by atoms with Crippen LogP contribution in [0.5, 0.6) is 0 Å². The first kappa shape index (κ1) is 25.3. The van der Waals surface area contributed by atoms with Crippen LogP contribution in [0.4, 0.5) is 10.1 Å². The minimum Gasteiger partial charge on any atom is -0.333 e. The molecular formula is C28H26ClFN4O2S. The highest BCUT2D eigenvalue weighted by molar-refractivity contribution is 7.86. The van der Waals surface area contributed by atoms with Gasteiger partial charge in [0.25, 0.3) is 5.91 Å². The molecule has 1 aromatic heterocycles. The second kappa shape index (κ2) is 11.0. The van der Waals surface area contributed by atoms with E-state index in [0.717, 1.165) is 10.9 Å². The summed E-state index contributed by atoms with van der Waals surface area (Å²) in [5, 5.41) is 1.20. The number of hydrogen-bond donors (Lipinski definition) is 1. The fraction of sp³-hybridized carbons (Fsp3) is 0.214. The number of amides is 1. The average Bonchev–Trinajstić information content (AvgIpc) is 2.89. The Morgan fingerprint density at radius 2 is 1.89 bits per heavy atom. The zero-order valence-electron chi connectivity index (χ0n) is 20.2. The van der Waals surface area contributed by atoms with Crippen LogP contribution in [0.1, 0.15) is 22.8 Å². The Hall–Kier alpha value is -3.33. The molecule has 0 bridgehead atoms. The molecule has 190 valence electrons. The van der Waals surface area contributed by atoms with Crippen LogP contribution in [0, 0.1) is 5.82 Å². The molecule has 3 aromatic carbocycles. The summed E-state index contributed by atoms with van der Waals surface area (Å²) in [5.41, 5.74) is 2.66. The number of carbonyl (C=O) groups is 1. The van der Waals surface area contributed by atoms with E-state index in [9.17, 15) is 13.4 Å². The molecule has 0 saturated carbocycles. The Labute approximate surface area is 222 Å². The molecule has 0 radical (unpaired) electrons. The van der Waals surface area contributed by atoms with Crippen molar-refractivity contribution in [3.05, 3.63) is 101 Å². The molecule has 1 fully saturated rings. The van der Waals surface area contributed by atoms with Crippen molar-refractivity contribution in [2.24, 2.45) is 0 Å². The number of nitrogens with zero attached hydrogens (tertiary/aromatic N) is 3. The van der Waals surface area contributed by atoms with Gasteiger partial charge in [-0.15, -0.1) is 0 Å². The highest BCUT2D eigenvalue weighted by Crippen LogP contribution is 2.26. The summed E-state index contributed by atoms with van der Waals surface area (Å²) < 4.78 is 29.2. The van der Waals surface area contributed by atoms with Crippen molar-refractivity contribution >= 4 is 45.1 Å². The number of nitrogens with one attached hydrogen (secondary N) is 1. The maximum absolute atomic E-state index is 13.3. The van der Waals surface area contributed by atoms with Crippen molar-refractivity contribution in [2.45, 2.75) is 24.4 Å². The second-order valence-electron chi connectivity index (χ2n) is 9.11. The third kappa shape index (κ3) is 5.66. The highest BCUT2D eigenvalue weighted by atomic mass is 35.5. The lowest BCUT2D eigenvalue weighted by atomic mass is 10.1. The molecule has 37 heavy (non-hydrogen) atoms. The highest BCUT2D eigenvalue weighted by Gasteiger charge is 2.29. The van der Waals surface area contributed by atoms with Crippen molar-refractivity contribution < 1.29 is 13.4 Å². The third-order valence-electron chi connectivity index (χ3n) is 6.50. The summed E-state index contributed by atoms with van der Waals surface area (Å²) in [6.45, 7) is 4.70. The van der Waals surface area contributed by atoms with E-state index in [1.807, 2.05) is 36.1 Å². The van der Waals surface area contributed by atoms with Gasteiger partial charge < -0.3 is 9.62 Å². The summed E-state index contributed by atoms with van der Waals surface area (Å²) in [5.74, 6) is -0.382. The van der Waals surface area contributed by atoms with Crippen LogP contribution in [0.15, 0.2) is 83.9 Å². The number of piperazine rings is 1. The van der Waals surface area contributed by atoms with E-state index >= 15 is 0 Å². The lowest BCUT2D eigenvalue weighted by Crippen LogP contribution is -2.53. The van der Waals surface area contributed by atoms with E-state index in [1.165, 1.54) is 12.1 Å². The standard InChI is InChI=1S/C28H26ClFN4O2S/c1-19-17-33(18-20-7-9-22(30)10-8-20)14-15-34(19)28(35)24-12-11-23(16-25(24)29)32-37(36)26-6-2-4-21-5-3-13-31-27(21)26/h2-13,16,19,32H,14-15,17-18H2,1H3/t19-,37?/m0/s1. The van der Waals surface area contributed by atoms with Crippen LogP contribution in [-0.4, -0.2) is 50.6 Å². The smallest absolute Gasteiger partial charge is 0.255 e. The van der Waals surface area contributed by atoms with Gasteiger partial charge in [-0.05, 0) is 55.0 Å². The first-order valence-corrected chi connectivity index (χ1v) is 13.5. The van der Waals surface area contributed by atoms with E-state index in [2.05, 4.69) is 14.6 Å². The Morgan fingerprint density at radius 3 is 2.65 bits per heavy atom. The van der Waals surface area contributed by atoms with Crippen LogP contribution in [0.25, 0.3) is 10.9 Å². The van der Waals surface area contributed by atoms with E-state index < -0.39 is 11.0 Å². The van der Waals surface area contributed by atoms with Crippen LogP contribution < -0.4 is 4.72 Å². The van der Waals surface area contributed by atoms with Crippen LogP contribution in [0.3, 0.4) is 0 Å². The maximum atomic E-state index is 13.3. The van der Waals surface area contributed by atoms with Gasteiger partial charge in [0.2, 0.25) is 0 Å². The number of rotatable bonds is 6. The van der Waals surface area contributed by atoms with E-state index in [0.29, 0.717) is 52.9 Å². The molecule has 1 unspecified atom stereocenters. The topological polar surface area (TPSA) is 65.5 Å². The molecule has 9 heteroatoms. The Morgan fingerprint density at radius 1 is 1.11 bits per heavy atom. The number of para-hydroxylation sites is 1. The van der Waals surface area contributed by atoms with Gasteiger partial charge in [0.05, 0.1) is 21.0 Å². The average molecular weight is 537 g/mol. The Balaban J connectivity index is 1.24. The fourth-order valence-electron chi connectivity index (χ4n) is 4.62. The number of anilines is 1. The molecule has 1 aliphatic heterocycles. The first-order valence-electron chi connectivity index (χ1n) is 12.0. The van der Waals surface area contributed by atoms with Gasteiger partial charge in [0.15, 0.2) is 11.0 Å². The van der Waals surface area contributed by atoms with Crippen LogP contribution in [0.2, 0.25) is 5.02 Å². The summed E-state index contributed by atoms with van der Waals surface area (Å²) in [4.78, 5) is 22.3. The first-order chi connectivity index (χ1) is 17.9. The summed E-state index contributed by atoms with van der Waals surface area (Å²) in [7, 11) is -1.56. The number of benzene rings is 3. The van der Waals surface area contributed by atoms with E-state index in [-0.39, 0.29) is 17.8 Å². The third-order valence-corrected chi connectivity index (χ3v) is 7.96. The summed E-state index contributed by atoms with van der Waals surface area (Å²) >= 11 is 6.52. The van der Waals surface area contributed by atoms with E-state index in [1.54, 1.807) is 42.6 Å². The normalized spacial score (nSPS) is 17.1. The lowest BCUT2D eigenvalue weighted by molar-refractivity contribution is 0.0475. The zero-order chi connectivity index (χ0) is 25.9. The predicted molar refractivity (Wildman–Crippen MR) is 145 cm³/mol.